The van der Waals surface area contributed by atoms with Gasteiger partial charge in [-0.05, 0) is 89.3 Å². The van der Waals surface area contributed by atoms with Crippen molar-refractivity contribution in [3.8, 4) is 0 Å². The number of sulfonamides is 1. The Morgan fingerprint density at radius 1 is 1.09 bits per heavy atom. The number of anilines is 4. The summed E-state index contributed by atoms with van der Waals surface area (Å²) in [7, 11) is -1.31. The molecule has 2 aliphatic rings. The summed E-state index contributed by atoms with van der Waals surface area (Å²) in [6.07, 6.45) is 2.85. The molecule has 0 atom stereocenters. The van der Waals surface area contributed by atoms with Crippen molar-refractivity contribution in [3.63, 3.8) is 0 Å². The van der Waals surface area contributed by atoms with E-state index in [1.54, 1.807) is 36.4 Å². The highest BCUT2D eigenvalue weighted by molar-refractivity contribution is 7.94. The van der Waals surface area contributed by atoms with E-state index < -0.39 is 14.8 Å². The fourth-order valence-corrected chi connectivity index (χ4v) is 6.69. The molecule has 0 unspecified atom stereocenters. The summed E-state index contributed by atoms with van der Waals surface area (Å²) >= 11 is 1.59. The van der Waals surface area contributed by atoms with E-state index in [0.29, 0.717) is 18.5 Å². The molecule has 2 aromatic heterocycles. The van der Waals surface area contributed by atoms with Gasteiger partial charge >= 0.3 is 0 Å². The lowest BCUT2D eigenvalue weighted by atomic mass is 10.1. The molecule has 0 saturated carbocycles. The molecule has 0 amide bonds. The molecule has 2 N–H and O–H groups in total. The lowest BCUT2D eigenvalue weighted by Crippen LogP contribution is -2.42. The van der Waals surface area contributed by atoms with Crippen LogP contribution in [-0.2, 0) is 16.4 Å². The maximum absolute atomic E-state index is 13.2. The molecular weight excluding hydrogens is 468 g/mol. The van der Waals surface area contributed by atoms with Gasteiger partial charge in [0.25, 0.3) is 0 Å². The number of nitrogens with one attached hydrogen (secondary N) is 2. The number of aromatic nitrogens is 2. The largest absolute Gasteiger partial charge is 0.351 e. The van der Waals surface area contributed by atoms with Gasteiger partial charge in [-0.1, -0.05) is 6.07 Å². The van der Waals surface area contributed by atoms with Crippen molar-refractivity contribution in [1.82, 2.24) is 14.9 Å². The third-order valence-electron chi connectivity index (χ3n) is 6.62. The highest BCUT2D eigenvalue weighted by Gasteiger charge is 2.38. The van der Waals surface area contributed by atoms with Crippen LogP contribution in [0.2, 0.25) is 0 Å². The van der Waals surface area contributed by atoms with E-state index in [1.165, 1.54) is 0 Å². The van der Waals surface area contributed by atoms with Gasteiger partial charge in [-0.3, -0.25) is 4.31 Å². The monoisotopic (exact) mass is 500 g/mol. The summed E-state index contributed by atoms with van der Waals surface area (Å²) in [5.74, 6) is 1.36. The summed E-state index contributed by atoms with van der Waals surface area (Å²) in [5.41, 5.74) is 3.51. The van der Waals surface area contributed by atoms with Crippen LogP contribution in [-0.4, -0.2) is 60.8 Å². The first-order chi connectivity index (χ1) is 16.1. The van der Waals surface area contributed by atoms with E-state index in [4.69, 9.17) is 9.97 Å². The van der Waals surface area contributed by atoms with Crippen LogP contribution in [0.25, 0.3) is 10.2 Å². The van der Waals surface area contributed by atoms with E-state index >= 15 is 0 Å². The minimum Gasteiger partial charge on any atom is -0.351 e. The number of likely N-dealkylation sites (tertiary alicyclic amines) is 1. The van der Waals surface area contributed by atoms with Gasteiger partial charge < -0.3 is 15.5 Å². The molecule has 0 aliphatic carbocycles. The second-order valence-electron chi connectivity index (χ2n) is 10.2. The maximum atomic E-state index is 13.2. The average Bonchev–Trinajstić information content (AvgIpc) is 3.41. The van der Waals surface area contributed by atoms with Gasteiger partial charge in [0.2, 0.25) is 16.0 Å². The molecule has 10 heteroatoms. The Morgan fingerprint density at radius 3 is 2.59 bits per heavy atom. The smallest absolute Gasteiger partial charge is 0.240 e. The van der Waals surface area contributed by atoms with Crippen LogP contribution in [0.1, 0.15) is 39.2 Å². The molecular formula is C24H32N6O2S2. The summed E-state index contributed by atoms with van der Waals surface area (Å²) in [4.78, 5) is 11.9. The van der Waals surface area contributed by atoms with Crippen molar-refractivity contribution in [3.05, 3.63) is 35.2 Å². The number of hydrogen-bond donors (Lipinski definition) is 2. The quantitative estimate of drug-likeness (QED) is 0.535. The van der Waals surface area contributed by atoms with Crippen molar-refractivity contribution in [2.45, 2.75) is 50.8 Å². The topological polar surface area (TPSA) is 90.5 Å². The lowest BCUT2D eigenvalue weighted by Gasteiger charge is -2.29. The van der Waals surface area contributed by atoms with Crippen LogP contribution in [0.3, 0.4) is 0 Å². The highest BCUT2D eigenvalue weighted by atomic mass is 32.2. The Hall–Kier alpha value is -2.43. The van der Waals surface area contributed by atoms with E-state index in [9.17, 15) is 8.42 Å². The molecule has 8 nitrogen and oxygen atoms in total. The Kier molecular flexibility index (Phi) is 5.94. The normalized spacial score (nSPS) is 17.8. The van der Waals surface area contributed by atoms with Crippen LogP contribution in [0.15, 0.2) is 29.6 Å². The van der Waals surface area contributed by atoms with E-state index in [-0.39, 0.29) is 0 Å². The van der Waals surface area contributed by atoms with Crippen molar-refractivity contribution >= 4 is 54.7 Å². The Balaban J connectivity index is 1.44. The molecule has 34 heavy (non-hydrogen) atoms. The van der Waals surface area contributed by atoms with Gasteiger partial charge in [-0.25, -0.2) is 13.4 Å². The summed E-state index contributed by atoms with van der Waals surface area (Å²) in [5, 5.41) is 8.99. The van der Waals surface area contributed by atoms with Crippen LogP contribution in [0.5, 0.6) is 0 Å². The van der Waals surface area contributed by atoms with Gasteiger partial charge in [-0.2, -0.15) is 4.98 Å². The second-order valence-corrected chi connectivity index (χ2v) is 13.7. The number of piperidine rings is 1. The summed E-state index contributed by atoms with van der Waals surface area (Å²) < 4.78 is 28.0. The number of nitrogens with zero attached hydrogens (tertiary/aromatic N) is 4. The summed E-state index contributed by atoms with van der Waals surface area (Å²) in [6, 6.07) is 8.30. The fraction of sp³-hybridized carbons (Fsp3) is 0.500. The number of thiophene rings is 1. The first-order valence-electron chi connectivity index (χ1n) is 11.7. The van der Waals surface area contributed by atoms with E-state index in [2.05, 4.69) is 22.6 Å². The van der Waals surface area contributed by atoms with Crippen LogP contribution in [0, 0.1) is 0 Å². The van der Waals surface area contributed by atoms with Gasteiger partial charge in [0.15, 0.2) is 5.82 Å². The SMILES string of the molecule is CN1CCC(Nc2nc(Nc3ccc4c(c3)N(S(=O)(=O)C(C)(C)C)CC4)c3sccc3n2)CC1. The first-order valence-corrected chi connectivity index (χ1v) is 14.1. The lowest BCUT2D eigenvalue weighted by molar-refractivity contribution is 0.263. The van der Waals surface area contributed by atoms with E-state index in [0.717, 1.165) is 65.3 Å². The molecule has 2 aliphatic heterocycles. The van der Waals surface area contributed by atoms with Gasteiger partial charge in [0.1, 0.15) is 0 Å². The zero-order chi connectivity index (χ0) is 24.1. The Bertz CT molecular complexity index is 1310. The van der Waals surface area contributed by atoms with Crippen molar-refractivity contribution in [2.75, 3.05) is 41.6 Å². The third-order valence-corrected chi connectivity index (χ3v) is 10.0. The van der Waals surface area contributed by atoms with Crippen LogP contribution in [0.4, 0.5) is 23.1 Å². The number of fused-ring (bicyclic) bond motifs is 2. The van der Waals surface area contributed by atoms with Crippen LogP contribution < -0.4 is 14.9 Å². The third kappa shape index (κ3) is 4.34. The van der Waals surface area contributed by atoms with Crippen molar-refractivity contribution < 1.29 is 8.42 Å². The van der Waals surface area contributed by atoms with Gasteiger partial charge in [-0.15, -0.1) is 11.3 Å². The predicted molar refractivity (Wildman–Crippen MR) is 141 cm³/mol. The minimum absolute atomic E-state index is 0.358. The van der Waals surface area contributed by atoms with Crippen molar-refractivity contribution in [1.29, 1.82) is 0 Å². The maximum Gasteiger partial charge on any atom is 0.240 e. The first kappa shape index (κ1) is 23.3. The molecule has 0 bridgehead atoms. The highest BCUT2D eigenvalue weighted by Crippen LogP contribution is 2.38. The Labute approximate surface area is 205 Å². The van der Waals surface area contributed by atoms with Gasteiger partial charge in [0, 0.05) is 18.3 Å². The molecule has 0 spiro atoms. The Morgan fingerprint density at radius 2 is 1.85 bits per heavy atom. The zero-order valence-electron chi connectivity index (χ0n) is 20.1. The number of hydrogen-bond acceptors (Lipinski definition) is 8. The zero-order valence-corrected chi connectivity index (χ0v) is 21.8. The average molecular weight is 501 g/mol. The predicted octanol–water partition coefficient (Wildman–Crippen LogP) is 4.43. The molecule has 1 fully saturated rings. The molecule has 0 radical (unpaired) electrons. The molecule has 1 saturated heterocycles. The number of benzene rings is 1. The minimum atomic E-state index is -3.46. The van der Waals surface area contributed by atoms with Crippen molar-refractivity contribution in [2.24, 2.45) is 0 Å². The molecule has 1 aromatic carbocycles. The molecule has 3 aromatic rings. The second kappa shape index (κ2) is 8.66. The summed E-state index contributed by atoms with van der Waals surface area (Å²) in [6.45, 7) is 7.84. The molecule has 5 rings (SSSR count). The van der Waals surface area contributed by atoms with Crippen LogP contribution >= 0.6 is 11.3 Å². The van der Waals surface area contributed by atoms with Gasteiger partial charge in [0.05, 0.1) is 20.7 Å². The molecule has 182 valence electrons. The van der Waals surface area contributed by atoms with E-state index in [1.807, 2.05) is 29.6 Å². The number of rotatable bonds is 5. The fourth-order valence-electron chi connectivity index (χ4n) is 4.49. The molecule has 4 heterocycles. The standard InChI is InChI=1S/C24H32N6O2S2/c1-24(2,3)34(31,32)30-13-7-16-5-6-18(15-20(16)30)25-22-21-19(10-14-33-21)27-23(28-22)26-17-8-11-29(4)12-9-17/h5-6,10,14-15,17H,7-9,11-13H2,1-4H3,(H2,25,26,27,28).